The third kappa shape index (κ3) is 6.14. The summed E-state index contributed by atoms with van der Waals surface area (Å²) in [5.41, 5.74) is 0.927. The number of non-ortho nitro benzene ring substituents is 1. The molecule has 0 saturated heterocycles. The van der Waals surface area contributed by atoms with E-state index in [4.69, 9.17) is 4.74 Å². The number of nitro benzene ring substituents is 1. The number of nitro groups is 1. The minimum absolute atomic E-state index is 0. The van der Waals surface area contributed by atoms with Crippen molar-refractivity contribution < 1.29 is 14.5 Å². The average molecular weight is 370 g/mol. The highest BCUT2D eigenvalue weighted by atomic mass is 35.5. The molecule has 0 fully saturated rings. The van der Waals surface area contributed by atoms with E-state index < -0.39 is 4.92 Å². The summed E-state index contributed by atoms with van der Waals surface area (Å²) in [4.78, 5) is 22.2. The van der Waals surface area contributed by atoms with Crippen molar-refractivity contribution in [1.82, 2.24) is 20.4 Å². The zero-order valence-corrected chi connectivity index (χ0v) is 14.5. The molecule has 0 unspecified atom stereocenters. The first kappa shape index (κ1) is 20.6. The Kier molecular flexibility index (Phi) is 8.54. The molecule has 1 heterocycles. The maximum absolute atomic E-state index is 12.0. The summed E-state index contributed by atoms with van der Waals surface area (Å²) in [7, 11) is 1.63. The average Bonchev–Trinajstić information content (AvgIpc) is 3.08. The normalized spacial score (nSPS) is 10.1. The van der Waals surface area contributed by atoms with Crippen molar-refractivity contribution in [2.24, 2.45) is 0 Å². The van der Waals surface area contributed by atoms with Gasteiger partial charge in [-0.15, -0.1) is 12.4 Å². The first-order valence-electron chi connectivity index (χ1n) is 7.40. The van der Waals surface area contributed by atoms with Gasteiger partial charge in [-0.2, -0.15) is 5.10 Å². The Morgan fingerprint density at radius 2 is 1.96 bits per heavy atom. The molecule has 0 saturated carbocycles. The van der Waals surface area contributed by atoms with E-state index in [0.717, 1.165) is 6.54 Å². The van der Waals surface area contributed by atoms with Crippen LogP contribution < -0.4 is 10.6 Å². The summed E-state index contributed by atoms with van der Waals surface area (Å²) in [5.74, 6) is -0.274. The van der Waals surface area contributed by atoms with Gasteiger partial charge in [0, 0.05) is 45.1 Å². The number of amides is 1. The highest BCUT2D eigenvalue weighted by Gasteiger charge is 2.10. The van der Waals surface area contributed by atoms with Crippen molar-refractivity contribution in [3.8, 4) is 5.69 Å². The second-order valence-electron chi connectivity index (χ2n) is 4.92. The van der Waals surface area contributed by atoms with E-state index in [1.54, 1.807) is 31.5 Å². The minimum Gasteiger partial charge on any atom is -0.383 e. The van der Waals surface area contributed by atoms with Gasteiger partial charge in [-0.1, -0.05) is 0 Å². The van der Waals surface area contributed by atoms with E-state index in [0.29, 0.717) is 25.4 Å². The molecule has 2 rings (SSSR count). The quantitative estimate of drug-likeness (QED) is 0.390. The number of rotatable bonds is 9. The molecule has 0 aliphatic rings. The Morgan fingerprint density at radius 3 is 2.60 bits per heavy atom. The lowest BCUT2D eigenvalue weighted by Gasteiger charge is -2.05. The van der Waals surface area contributed by atoms with Crippen LogP contribution in [0.15, 0.2) is 36.5 Å². The first-order valence-corrected chi connectivity index (χ1v) is 7.40. The largest absolute Gasteiger partial charge is 0.383 e. The maximum Gasteiger partial charge on any atom is 0.271 e. The zero-order valence-electron chi connectivity index (χ0n) is 13.7. The summed E-state index contributed by atoms with van der Waals surface area (Å²) in [6.07, 6.45) is 1.63. The highest BCUT2D eigenvalue weighted by molar-refractivity contribution is 5.92. The van der Waals surface area contributed by atoms with Gasteiger partial charge in [0.2, 0.25) is 0 Å². The van der Waals surface area contributed by atoms with Crippen LogP contribution in [0.25, 0.3) is 5.69 Å². The van der Waals surface area contributed by atoms with Gasteiger partial charge in [0.05, 0.1) is 17.2 Å². The number of carbonyl (C=O) groups excluding carboxylic acids is 1. The van der Waals surface area contributed by atoms with E-state index in [1.165, 1.54) is 16.8 Å². The molecule has 25 heavy (non-hydrogen) atoms. The monoisotopic (exact) mass is 369 g/mol. The molecule has 1 amide bonds. The fourth-order valence-electron chi connectivity index (χ4n) is 1.97. The SMILES string of the molecule is COCCNCCNC(=O)c1ccn(-c2ccc([N+](=O)[O-])cc2)n1.Cl. The van der Waals surface area contributed by atoms with Crippen LogP contribution in [0.1, 0.15) is 10.5 Å². The molecule has 136 valence electrons. The Morgan fingerprint density at radius 1 is 1.24 bits per heavy atom. The van der Waals surface area contributed by atoms with Crippen LogP contribution in [0.3, 0.4) is 0 Å². The smallest absolute Gasteiger partial charge is 0.271 e. The van der Waals surface area contributed by atoms with Crippen LogP contribution in [0.5, 0.6) is 0 Å². The van der Waals surface area contributed by atoms with Gasteiger partial charge < -0.3 is 15.4 Å². The number of ether oxygens (including phenoxy) is 1. The zero-order chi connectivity index (χ0) is 17.4. The van der Waals surface area contributed by atoms with Gasteiger partial charge in [0.25, 0.3) is 11.6 Å². The second kappa shape index (κ2) is 10.4. The molecule has 1 aromatic heterocycles. The van der Waals surface area contributed by atoms with Crippen molar-refractivity contribution in [2.75, 3.05) is 33.4 Å². The Labute approximate surface area is 150 Å². The lowest BCUT2D eigenvalue weighted by atomic mass is 10.3. The summed E-state index contributed by atoms with van der Waals surface area (Å²) in [6.45, 7) is 2.46. The standard InChI is InChI=1S/C15H19N5O4.ClH/c1-24-11-9-16-7-8-17-15(21)14-6-10-19(18-14)12-2-4-13(5-3-12)20(22)23;/h2-6,10,16H,7-9,11H2,1H3,(H,17,21);1H. The number of hydrogen-bond donors (Lipinski definition) is 2. The molecular formula is C15H20ClN5O4. The number of nitrogens with zero attached hydrogens (tertiary/aromatic N) is 3. The molecule has 0 aliphatic heterocycles. The molecular weight excluding hydrogens is 350 g/mol. The summed E-state index contributed by atoms with van der Waals surface area (Å²) in [6, 6.07) is 7.53. The topological polar surface area (TPSA) is 111 Å². The lowest BCUT2D eigenvalue weighted by molar-refractivity contribution is -0.384. The number of nitrogens with one attached hydrogen (secondary N) is 2. The van der Waals surface area contributed by atoms with Crippen molar-refractivity contribution in [2.45, 2.75) is 0 Å². The molecule has 0 atom stereocenters. The van der Waals surface area contributed by atoms with Gasteiger partial charge in [0.15, 0.2) is 5.69 Å². The van der Waals surface area contributed by atoms with Crippen LogP contribution in [-0.4, -0.2) is 54.0 Å². The van der Waals surface area contributed by atoms with E-state index >= 15 is 0 Å². The van der Waals surface area contributed by atoms with Crippen LogP contribution in [0.4, 0.5) is 5.69 Å². The number of aromatic nitrogens is 2. The van der Waals surface area contributed by atoms with Gasteiger partial charge in [-0.25, -0.2) is 4.68 Å². The third-order valence-corrected chi connectivity index (χ3v) is 3.22. The molecule has 9 nitrogen and oxygen atoms in total. The van der Waals surface area contributed by atoms with Crippen LogP contribution in [0, 0.1) is 10.1 Å². The second-order valence-corrected chi connectivity index (χ2v) is 4.92. The van der Waals surface area contributed by atoms with Crippen LogP contribution >= 0.6 is 12.4 Å². The predicted octanol–water partition coefficient (Wildman–Crippen LogP) is 1.17. The molecule has 0 bridgehead atoms. The fourth-order valence-corrected chi connectivity index (χ4v) is 1.97. The number of carbonyl (C=O) groups is 1. The molecule has 2 aromatic rings. The van der Waals surface area contributed by atoms with Gasteiger partial charge in [-0.3, -0.25) is 14.9 Å². The third-order valence-electron chi connectivity index (χ3n) is 3.22. The van der Waals surface area contributed by atoms with Crippen LogP contribution in [0.2, 0.25) is 0 Å². The van der Waals surface area contributed by atoms with Gasteiger partial charge in [-0.05, 0) is 18.2 Å². The lowest BCUT2D eigenvalue weighted by Crippen LogP contribution is -2.33. The maximum atomic E-state index is 12.0. The summed E-state index contributed by atoms with van der Waals surface area (Å²) < 4.78 is 6.40. The van der Waals surface area contributed by atoms with Crippen molar-refractivity contribution in [3.05, 3.63) is 52.3 Å². The summed E-state index contributed by atoms with van der Waals surface area (Å²) >= 11 is 0. The van der Waals surface area contributed by atoms with E-state index in [1.807, 2.05) is 0 Å². The highest BCUT2D eigenvalue weighted by Crippen LogP contribution is 2.14. The number of halogens is 1. The molecule has 0 radical (unpaired) electrons. The Hall–Kier alpha value is -2.49. The fraction of sp³-hybridized carbons (Fsp3) is 0.333. The number of methoxy groups -OCH3 is 1. The van der Waals surface area contributed by atoms with Crippen molar-refractivity contribution >= 4 is 24.0 Å². The molecule has 0 aliphatic carbocycles. The molecule has 2 N–H and O–H groups in total. The van der Waals surface area contributed by atoms with Crippen molar-refractivity contribution in [1.29, 1.82) is 0 Å². The predicted molar refractivity (Wildman–Crippen MR) is 94.5 cm³/mol. The van der Waals surface area contributed by atoms with E-state index in [9.17, 15) is 14.9 Å². The number of benzene rings is 1. The Bertz CT molecular complexity index is 689. The van der Waals surface area contributed by atoms with Crippen molar-refractivity contribution in [3.63, 3.8) is 0 Å². The molecule has 0 spiro atoms. The van der Waals surface area contributed by atoms with Gasteiger partial charge in [0.1, 0.15) is 0 Å². The van der Waals surface area contributed by atoms with Gasteiger partial charge >= 0.3 is 0 Å². The molecule has 10 heteroatoms. The minimum atomic E-state index is -0.466. The number of hydrogen-bond acceptors (Lipinski definition) is 6. The summed E-state index contributed by atoms with van der Waals surface area (Å²) in [5, 5.41) is 20.7. The molecule has 1 aromatic carbocycles. The van der Waals surface area contributed by atoms with Crippen LogP contribution in [-0.2, 0) is 4.74 Å². The van der Waals surface area contributed by atoms with E-state index in [2.05, 4.69) is 15.7 Å². The Balaban J connectivity index is 0.00000312. The van der Waals surface area contributed by atoms with E-state index in [-0.39, 0.29) is 29.7 Å². The first-order chi connectivity index (χ1) is 11.6.